The minimum atomic E-state index is -0.679. The van der Waals surface area contributed by atoms with Gasteiger partial charge in [-0.25, -0.2) is 5.01 Å². The summed E-state index contributed by atoms with van der Waals surface area (Å²) in [5.41, 5.74) is 3.69. The molecule has 0 unspecified atom stereocenters. The van der Waals surface area contributed by atoms with Crippen molar-refractivity contribution in [3.05, 3.63) is 75.5 Å². The van der Waals surface area contributed by atoms with Crippen molar-refractivity contribution in [2.45, 2.75) is 39.8 Å². The first-order valence-corrected chi connectivity index (χ1v) is 12.6. The molecule has 2 aliphatic rings. The minimum absolute atomic E-state index is 0.0461. The SMILES string of the molecule is CCOc1cc2c(cc1OCC)[C@@]1(C)N(CC2)C(C(=O)c2cccs2)=NN1c1ccc(C)cc1. The fourth-order valence-corrected chi connectivity index (χ4v) is 5.51. The molecule has 3 aromatic rings. The van der Waals surface area contributed by atoms with E-state index in [2.05, 4.69) is 55.1 Å². The second kappa shape index (κ2) is 8.80. The molecule has 1 atom stereocenters. The van der Waals surface area contributed by atoms with E-state index in [4.69, 9.17) is 14.6 Å². The molecule has 0 saturated heterocycles. The number of Topliss-reactive ketones (excluding diaryl/α,β-unsaturated/α-hetero) is 1. The monoisotopic (exact) mass is 475 g/mol. The van der Waals surface area contributed by atoms with Gasteiger partial charge in [-0.15, -0.1) is 16.4 Å². The normalized spacial score (nSPS) is 18.9. The number of hydrazone groups is 1. The Morgan fingerprint density at radius 3 is 2.44 bits per heavy atom. The Morgan fingerprint density at radius 1 is 1.09 bits per heavy atom. The smallest absolute Gasteiger partial charge is 0.239 e. The number of rotatable bonds is 7. The molecule has 2 aromatic carbocycles. The van der Waals surface area contributed by atoms with Gasteiger partial charge in [0.25, 0.3) is 0 Å². The highest BCUT2D eigenvalue weighted by Gasteiger charge is 2.52. The second-order valence-corrected chi connectivity index (χ2v) is 9.57. The highest BCUT2D eigenvalue weighted by molar-refractivity contribution is 7.13. The third-order valence-electron chi connectivity index (χ3n) is 6.50. The number of amidine groups is 1. The summed E-state index contributed by atoms with van der Waals surface area (Å²) in [7, 11) is 0. The van der Waals surface area contributed by atoms with E-state index in [9.17, 15) is 4.79 Å². The number of anilines is 1. The average Bonchev–Trinajstić information content (AvgIpc) is 3.47. The summed E-state index contributed by atoms with van der Waals surface area (Å²) in [5, 5.41) is 8.87. The zero-order valence-corrected chi connectivity index (χ0v) is 20.8. The van der Waals surface area contributed by atoms with Crippen LogP contribution in [0.4, 0.5) is 5.69 Å². The lowest BCUT2D eigenvalue weighted by molar-refractivity contribution is 0.103. The first kappa shape index (κ1) is 22.5. The molecule has 0 N–H and O–H groups in total. The number of benzene rings is 2. The summed E-state index contributed by atoms with van der Waals surface area (Å²) < 4.78 is 11.9. The van der Waals surface area contributed by atoms with Crippen molar-refractivity contribution in [1.29, 1.82) is 0 Å². The zero-order chi connectivity index (χ0) is 23.9. The number of aryl methyl sites for hydroxylation is 1. The first-order chi connectivity index (χ1) is 16.5. The summed E-state index contributed by atoms with van der Waals surface area (Å²) in [4.78, 5) is 16.4. The molecule has 5 rings (SSSR count). The maximum Gasteiger partial charge on any atom is 0.239 e. The fourth-order valence-electron chi connectivity index (χ4n) is 4.85. The molecule has 0 saturated carbocycles. The van der Waals surface area contributed by atoms with Gasteiger partial charge in [0, 0.05) is 12.1 Å². The van der Waals surface area contributed by atoms with Crippen molar-refractivity contribution in [3.8, 4) is 11.5 Å². The molecule has 1 aromatic heterocycles. The number of ether oxygens (including phenoxy) is 2. The summed E-state index contributed by atoms with van der Waals surface area (Å²) in [6.45, 7) is 9.94. The van der Waals surface area contributed by atoms with Gasteiger partial charge in [-0.1, -0.05) is 23.8 Å². The van der Waals surface area contributed by atoms with E-state index in [1.807, 2.05) is 36.4 Å². The Hall–Kier alpha value is -3.32. The van der Waals surface area contributed by atoms with Crippen molar-refractivity contribution in [2.24, 2.45) is 5.10 Å². The number of fused-ring (bicyclic) bond motifs is 3. The van der Waals surface area contributed by atoms with Crippen molar-refractivity contribution in [2.75, 3.05) is 24.8 Å². The van der Waals surface area contributed by atoms with Crippen molar-refractivity contribution >= 4 is 28.6 Å². The Morgan fingerprint density at radius 2 is 1.79 bits per heavy atom. The highest BCUT2D eigenvalue weighted by atomic mass is 32.1. The minimum Gasteiger partial charge on any atom is -0.490 e. The van der Waals surface area contributed by atoms with Crippen LogP contribution >= 0.6 is 11.3 Å². The molecular formula is C27H29N3O3S. The maximum atomic E-state index is 13.5. The van der Waals surface area contributed by atoms with Crippen LogP contribution in [0, 0.1) is 6.92 Å². The molecule has 34 heavy (non-hydrogen) atoms. The number of nitrogens with zero attached hydrogens (tertiary/aromatic N) is 3. The van der Waals surface area contributed by atoms with Crippen LogP contribution in [0.5, 0.6) is 11.5 Å². The summed E-state index contributed by atoms with van der Waals surface area (Å²) in [6.07, 6.45) is 0.788. The molecule has 3 heterocycles. The number of hydrogen-bond acceptors (Lipinski definition) is 7. The van der Waals surface area contributed by atoms with Crippen LogP contribution in [0.2, 0.25) is 0 Å². The second-order valence-electron chi connectivity index (χ2n) is 8.62. The van der Waals surface area contributed by atoms with E-state index in [1.165, 1.54) is 22.5 Å². The molecular weight excluding hydrogens is 446 g/mol. The van der Waals surface area contributed by atoms with Gasteiger partial charge in [0.15, 0.2) is 17.2 Å². The first-order valence-electron chi connectivity index (χ1n) is 11.7. The maximum absolute atomic E-state index is 13.5. The van der Waals surface area contributed by atoms with E-state index < -0.39 is 5.66 Å². The van der Waals surface area contributed by atoms with Gasteiger partial charge in [-0.2, -0.15) is 0 Å². The summed E-state index contributed by atoms with van der Waals surface area (Å²) >= 11 is 1.45. The zero-order valence-electron chi connectivity index (χ0n) is 20.0. The third kappa shape index (κ3) is 3.55. The molecule has 0 radical (unpaired) electrons. The largest absolute Gasteiger partial charge is 0.490 e. The number of thiophene rings is 1. The number of carbonyl (C=O) groups excluding carboxylic acids is 1. The van der Waals surface area contributed by atoms with Crippen LogP contribution in [0.15, 0.2) is 59.0 Å². The summed E-state index contributed by atoms with van der Waals surface area (Å²) in [5.74, 6) is 1.90. The molecule has 7 heteroatoms. The lowest BCUT2D eigenvalue weighted by Gasteiger charge is -2.46. The van der Waals surface area contributed by atoms with E-state index in [0.717, 1.165) is 23.4 Å². The van der Waals surface area contributed by atoms with Gasteiger partial charge in [0.2, 0.25) is 11.6 Å². The van der Waals surface area contributed by atoms with Gasteiger partial charge in [0.05, 0.1) is 23.8 Å². The van der Waals surface area contributed by atoms with Crippen LogP contribution in [0.25, 0.3) is 0 Å². The van der Waals surface area contributed by atoms with Gasteiger partial charge < -0.3 is 14.4 Å². The predicted octanol–water partition coefficient (Wildman–Crippen LogP) is 5.60. The Labute approximate surface area is 204 Å². The van der Waals surface area contributed by atoms with E-state index in [0.29, 0.717) is 36.2 Å². The molecule has 6 nitrogen and oxygen atoms in total. The fraction of sp³-hybridized carbons (Fsp3) is 0.333. The van der Waals surface area contributed by atoms with Gasteiger partial charge in [-0.05, 0) is 75.4 Å². The molecule has 0 spiro atoms. The standard InChI is InChI=1S/C27H29N3O3S/c1-5-32-22-16-19-13-14-29-26(25(31)24-8-7-15-34-24)28-30(20-11-9-18(3)10-12-20)27(29,4)21(19)17-23(22)33-6-2/h7-12,15-17H,5-6,13-14H2,1-4H3/t27-/m0/s1. The van der Waals surface area contributed by atoms with E-state index >= 15 is 0 Å². The molecule has 0 fully saturated rings. The van der Waals surface area contributed by atoms with Crippen LogP contribution in [0.3, 0.4) is 0 Å². The quantitative estimate of drug-likeness (QED) is 0.416. The Kier molecular flexibility index (Phi) is 5.81. The predicted molar refractivity (Wildman–Crippen MR) is 136 cm³/mol. The lowest BCUT2D eigenvalue weighted by atomic mass is 9.87. The third-order valence-corrected chi connectivity index (χ3v) is 7.37. The summed E-state index contributed by atoms with van der Waals surface area (Å²) in [6, 6.07) is 16.2. The van der Waals surface area contributed by atoms with Gasteiger partial charge in [-0.3, -0.25) is 4.79 Å². The number of hydrogen-bond donors (Lipinski definition) is 0. The molecule has 0 aliphatic carbocycles. The van der Waals surface area contributed by atoms with Crippen molar-refractivity contribution in [1.82, 2.24) is 4.90 Å². The topological polar surface area (TPSA) is 54.4 Å². The number of ketones is 1. The van der Waals surface area contributed by atoms with Crippen molar-refractivity contribution < 1.29 is 14.3 Å². The molecule has 0 amide bonds. The Bertz CT molecular complexity index is 1240. The van der Waals surface area contributed by atoms with Gasteiger partial charge in [0.1, 0.15) is 0 Å². The average molecular weight is 476 g/mol. The van der Waals surface area contributed by atoms with Crippen LogP contribution in [-0.4, -0.2) is 36.3 Å². The Balaban J connectivity index is 1.68. The van der Waals surface area contributed by atoms with Crippen LogP contribution < -0.4 is 14.5 Å². The molecule has 2 aliphatic heterocycles. The lowest BCUT2D eigenvalue weighted by Crippen LogP contribution is -2.55. The number of carbonyl (C=O) groups is 1. The molecule has 176 valence electrons. The van der Waals surface area contributed by atoms with E-state index in [-0.39, 0.29) is 5.78 Å². The van der Waals surface area contributed by atoms with Crippen molar-refractivity contribution in [3.63, 3.8) is 0 Å². The van der Waals surface area contributed by atoms with E-state index in [1.54, 1.807) is 0 Å². The van der Waals surface area contributed by atoms with Crippen LogP contribution in [0.1, 0.15) is 47.1 Å². The van der Waals surface area contributed by atoms with Gasteiger partial charge >= 0.3 is 0 Å². The molecule has 0 bridgehead atoms. The highest BCUT2D eigenvalue weighted by Crippen LogP contribution is 2.48. The van der Waals surface area contributed by atoms with Crippen LogP contribution in [-0.2, 0) is 12.1 Å².